The summed E-state index contributed by atoms with van der Waals surface area (Å²) in [5.74, 6) is -1.54. The molecule has 0 fully saturated rings. The molecule has 10 nitrogen and oxygen atoms in total. The number of aromatic nitrogens is 1. The summed E-state index contributed by atoms with van der Waals surface area (Å²) in [6, 6.07) is 8.70. The van der Waals surface area contributed by atoms with Crippen LogP contribution in [0, 0.1) is 0 Å². The van der Waals surface area contributed by atoms with Crippen molar-refractivity contribution >= 4 is 74.2 Å². The molecule has 5 rings (SSSR count). The number of anilines is 2. The Morgan fingerprint density at radius 3 is 2.56 bits per heavy atom. The van der Waals surface area contributed by atoms with E-state index >= 15 is 0 Å². The molecule has 4 aromatic rings. The van der Waals surface area contributed by atoms with Gasteiger partial charge in [-0.15, -0.1) is 11.3 Å². The lowest BCUT2D eigenvalue weighted by atomic mass is 10.0. The maximum Gasteiger partial charge on any atom is 0.417 e. The van der Waals surface area contributed by atoms with Crippen molar-refractivity contribution in [3.8, 4) is 0 Å². The van der Waals surface area contributed by atoms with Gasteiger partial charge in [0.15, 0.2) is 5.58 Å². The zero-order valence-electron chi connectivity index (χ0n) is 18.3. The van der Waals surface area contributed by atoms with Crippen LogP contribution in [0.2, 0.25) is 10.0 Å². The second-order valence-corrected chi connectivity index (χ2v) is 9.99. The van der Waals surface area contributed by atoms with Crippen LogP contribution in [0.15, 0.2) is 45.6 Å². The number of oxazole rings is 1. The van der Waals surface area contributed by atoms with Gasteiger partial charge in [-0.1, -0.05) is 23.2 Å². The van der Waals surface area contributed by atoms with Crippen LogP contribution < -0.4 is 22.1 Å². The fraction of sp³-hybridized carbons (Fsp3) is 0.130. The number of hydrogen-bond donors (Lipinski definition) is 4. The molecule has 4 amide bonds. The lowest BCUT2D eigenvalue weighted by Gasteiger charge is -2.27. The molecule has 1 aliphatic heterocycles. The van der Waals surface area contributed by atoms with E-state index in [1.807, 2.05) is 0 Å². The Morgan fingerprint density at radius 1 is 1.08 bits per heavy atom. The average Bonchev–Trinajstić information content (AvgIpc) is 3.35. The van der Waals surface area contributed by atoms with Gasteiger partial charge in [-0.2, -0.15) is 0 Å². The monoisotopic (exact) mass is 545 g/mol. The van der Waals surface area contributed by atoms with Gasteiger partial charge in [0.05, 0.1) is 17.6 Å². The fourth-order valence-corrected chi connectivity index (χ4v) is 5.87. The van der Waals surface area contributed by atoms with Gasteiger partial charge < -0.3 is 20.4 Å². The van der Waals surface area contributed by atoms with Crippen molar-refractivity contribution in [1.82, 2.24) is 9.88 Å². The van der Waals surface area contributed by atoms with E-state index in [-0.39, 0.29) is 28.6 Å². The summed E-state index contributed by atoms with van der Waals surface area (Å²) in [4.78, 5) is 54.3. The number of benzene rings is 2. The molecule has 13 heteroatoms. The Labute approximate surface area is 217 Å². The van der Waals surface area contributed by atoms with Crippen molar-refractivity contribution in [1.29, 1.82) is 0 Å². The molecule has 36 heavy (non-hydrogen) atoms. The van der Waals surface area contributed by atoms with Gasteiger partial charge in [-0.25, -0.2) is 9.59 Å². The van der Waals surface area contributed by atoms with Gasteiger partial charge in [0.1, 0.15) is 5.00 Å². The molecule has 0 unspecified atom stereocenters. The van der Waals surface area contributed by atoms with Crippen LogP contribution in [0.3, 0.4) is 0 Å². The normalized spacial score (nSPS) is 12.9. The predicted molar refractivity (Wildman–Crippen MR) is 137 cm³/mol. The Morgan fingerprint density at radius 2 is 1.83 bits per heavy atom. The molecule has 184 valence electrons. The van der Waals surface area contributed by atoms with Crippen LogP contribution in [-0.4, -0.2) is 34.3 Å². The molecule has 2 aromatic carbocycles. The number of carbonyl (C=O) groups is 3. The first-order valence-electron chi connectivity index (χ1n) is 10.6. The number of H-pyrrole nitrogens is 1. The van der Waals surface area contributed by atoms with E-state index in [9.17, 15) is 19.2 Å². The van der Waals surface area contributed by atoms with Crippen molar-refractivity contribution in [2.45, 2.75) is 13.0 Å². The molecule has 5 N–H and O–H groups in total. The smallest absolute Gasteiger partial charge is 0.408 e. The van der Waals surface area contributed by atoms with E-state index < -0.39 is 17.7 Å². The average molecular weight is 546 g/mol. The molecule has 1 aliphatic rings. The van der Waals surface area contributed by atoms with Gasteiger partial charge >= 0.3 is 11.8 Å². The minimum absolute atomic E-state index is 0.219. The maximum atomic E-state index is 13.1. The second kappa shape index (κ2) is 9.34. The number of halogens is 2. The molecule has 0 bridgehead atoms. The molecule has 0 saturated carbocycles. The summed E-state index contributed by atoms with van der Waals surface area (Å²) >= 11 is 13.1. The number of fused-ring (bicyclic) bond motifs is 2. The molecule has 0 spiro atoms. The van der Waals surface area contributed by atoms with Gasteiger partial charge in [-0.05, 0) is 48.4 Å². The molecule has 0 aliphatic carbocycles. The van der Waals surface area contributed by atoms with Crippen LogP contribution in [0.1, 0.15) is 31.2 Å². The van der Waals surface area contributed by atoms with E-state index in [1.54, 1.807) is 17.0 Å². The molecular weight excluding hydrogens is 529 g/mol. The predicted octanol–water partition coefficient (Wildman–Crippen LogP) is 4.43. The van der Waals surface area contributed by atoms with Gasteiger partial charge in [-0.3, -0.25) is 19.9 Å². The van der Waals surface area contributed by atoms with E-state index in [1.165, 1.54) is 35.6 Å². The first-order valence-corrected chi connectivity index (χ1v) is 12.2. The van der Waals surface area contributed by atoms with E-state index in [0.717, 1.165) is 4.88 Å². The van der Waals surface area contributed by atoms with Crippen LogP contribution in [0.5, 0.6) is 0 Å². The van der Waals surface area contributed by atoms with Gasteiger partial charge in [0.2, 0.25) is 0 Å². The number of thiophene rings is 1. The number of primary amides is 1. The van der Waals surface area contributed by atoms with E-state index in [4.69, 9.17) is 33.4 Å². The first kappa shape index (κ1) is 23.9. The van der Waals surface area contributed by atoms with Crippen molar-refractivity contribution in [2.24, 2.45) is 5.73 Å². The number of nitrogens with one attached hydrogen (secondary N) is 3. The number of rotatable bonds is 4. The van der Waals surface area contributed by atoms with Gasteiger partial charge in [0.25, 0.3) is 11.8 Å². The third kappa shape index (κ3) is 4.68. The van der Waals surface area contributed by atoms with E-state index in [0.29, 0.717) is 45.3 Å². The lowest BCUT2D eigenvalue weighted by molar-refractivity contribution is 0.0737. The third-order valence-electron chi connectivity index (χ3n) is 5.61. The summed E-state index contributed by atoms with van der Waals surface area (Å²) in [5.41, 5.74) is 8.07. The van der Waals surface area contributed by atoms with Crippen molar-refractivity contribution in [3.05, 3.63) is 78.6 Å². The number of carbonyl (C=O) groups excluding carboxylic acids is 3. The highest BCUT2D eigenvalue weighted by Gasteiger charge is 2.30. The number of amides is 4. The Bertz CT molecular complexity index is 1590. The van der Waals surface area contributed by atoms with Crippen molar-refractivity contribution < 1.29 is 18.8 Å². The Hall–Kier alpha value is -3.80. The number of nitrogens with two attached hydrogens (primary N) is 1. The number of aromatic amines is 1. The quantitative estimate of drug-likeness (QED) is 0.299. The van der Waals surface area contributed by atoms with Crippen LogP contribution >= 0.6 is 34.5 Å². The minimum Gasteiger partial charge on any atom is -0.408 e. The van der Waals surface area contributed by atoms with Crippen molar-refractivity contribution in [3.63, 3.8) is 0 Å². The minimum atomic E-state index is -0.679. The third-order valence-corrected chi connectivity index (χ3v) is 7.17. The summed E-state index contributed by atoms with van der Waals surface area (Å²) < 4.78 is 5.05. The molecule has 0 saturated heterocycles. The standard InChI is InChI=1S/C23H17Cl2N5O5S/c24-11-6-12(25)8-13(7-11)27-22(33)29-20-18(19(26)31)14-3-4-30(9-17(14)36-20)21(32)10-1-2-15-16(5-10)35-23(34)28-15/h1-2,5-8H,3-4,9H2,(H2,26,31)(H,28,34)(H2,27,29,33). The van der Waals surface area contributed by atoms with E-state index in [2.05, 4.69) is 15.6 Å². The van der Waals surface area contributed by atoms with Crippen molar-refractivity contribution in [2.75, 3.05) is 17.2 Å². The Kier molecular flexibility index (Phi) is 6.20. The highest BCUT2D eigenvalue weighted by Crippen LogP contribution is 2.37. The summed E-state index contributed by atoms with van der Waals surface area (Å²) in [6.45, 7) is 0.562. The molecule has 0 atom stereocenters. The lowest BCUT2D eigenvalue weighted by Crippen LogP contribution is -2.35. The summed E-state index contributed by atoms with van der Waals surface area (Å²) in [6.07, 6.45) is 0.379. The van der Waals surface area contributed by atoms with Crippen LogP contribution in [0.4, 0.5) is 15.5 Å². The summed E-state index contributed by atoms with van der Waals surface area (Å²) in [5, 5.41) is 6.27. The molecule has 3 heterocycles. The first-order chi connectivity index (χ1) is 17.2. The molecule has 0 radical (unpaired) electrons. The SMILES string of the molecule is NC(=O)c1c(NC(=O)Nc2cc(Cl)cc(Cl)c2)sc2c1CCN(C(=O)c1ccc3[nH]c(=O)oc3c1)C2. The number of nitrogens with zero attached hydrogens (tertiary/aromatic N) is 1. The zero-order chi connectivity index (χ0) is 25.6. The van der Waals surface area contributed by atoms with Gasteiger partial charge in [0, 0.05) is 32.7 Å². The fourth-order valence-electron chi connectivity index (χ4n) is 4.08. The Balaban J connectivity index is 1.36. The highest BCUT2D eigenvalue weighted by molar-refractivity contribution is 7.17. The molecular formula is C23H17Cl2N5O5S. The molecule has 2 aromatic heterocycles. The highest BCUT2D eigenvalue weighted by atomic mass is 35.5. The second-order valence-electron chi connectivity index (χ2n) is 8.01. The van der Waals surface area contributed by atoms with Crippen LogP contribution in [0.25, 0.3) is 11.1 Å². The maximum absolute atomic E-state index is 13.1. The number of hydrogen-bond acceptors (Lipinski definition) is 6. The topological polar surface area (TPSA) is 151 Å². The largest absolute Gasteiger partial charge is 0.417 e. The number of urea groups is 1. The summed E-state index contributed by atoms with van der Waals surface area (Å²) in [7, 11) is 0. The zero-order valence-corrected chi connectivity index (χ0v) is 20.6. The van der Waals surface area contributed by atoms with Crippen LogP contribution in [-0.2, 0) is 13.0 Å².